The zero-order valence-electron chi connectivity index (χ0n) is 19.8. The highest BCUT2D eigenvalue weighted by molar-refractivity contribution is 7.89. The number of anilines is 1. The Labute approximate surface area is 210 Å². The van der Waals surface area contributed by atoms with Gasteiger partial charge in [-0.1, -0.05) is 18.2 Å². The van der Waals surface area contributed by atoms with Crippen LogP contribution in [-0.4, -0.2) is 43.9 Å². The molecule has 1 saturated heterocycles. The molecule has 1 aliphatic heterocycles. The number of rotatable bonds is 7. The summed E-state index contributed by atoms with van der Waals surface area (Å²) in [4.78, 5) is 16.3. The van der Waals surface area contributed by atoms with Crippen molar-refractivity contribution in [3.63, 3.8) is 0 Å². The first-order valence-electron chi connectivity index (χ1n) is 11.5. The number of piperidine rings is 1. The smallest absolute Gasteiger partial charge is 0.319 e. The number of nitriles is 1. The van der Waals surface area contributed by atoms with E-state index in [0.29, 0.717) is 30.8 Å². The quantitative estimate of drug-likeness (QED) is 0.505. The number of hydrogen-bond acceptors (Lipinski definition) is 6. The Balaban J connectivity index is 1.37. The second-order valence-electron chi connectivity index (χ2n) is 8.52. The molecule has 0 saturated carbocycles. The number of nitrogens with one attached hydrogen (secondary N) is 2. The van der Waals surface area contributed by atoms with E-state index in [1.54, 1.807) is 37.7 Å². The maximum atomic E-state index is 13.2. The minimum absolute atomic E-state index is 0.137. The number of aromatic nitrogens is 1. The summed E-state index contributed by atoms with van der Waals surface area (Å²) in [5.41, 5.74) is 1.46. The summed E-state index contributed by atoms with van der Waals surface area (Å²) in [6, 6.07) is 19.1. The van der Waals surface area contributed by atoms with E-state index in [0.717, 1.165) is 11.1 Å². The summed E-state index contributed by atoms with van der Waals surface area (Å²) in [5, 5.41) is 15.4. The Morgan fingerprint density at radius 3 is 2.39 bits per heavy atom. The number of carbonyl (C=O) groups excluding carboxylic acids is 1. The lowest BCUT2D eigenvalue weighted by atomic mass is 9.74. The molecule has 36 heavy (non-hydrogen) atoms. The van der Waals surface area contributed by atoms with Gasteiger partial charge in [0.25, 0.3) is 0 Å². The van der Waals surface area contributed by atoms with Crippen LogP contribution in [0.3, 0.4) is 0 Å². The van der Waals surface area contributed by atoms with Gasteiger partial charge in [0.05, 0.1) is 23.5 Å². The van der Waals surface area contributed by atoms with Crippen molar-refractivity contribution >= 4 is 21.7 Å². The van der Waals surface area contributed by atoms with E-state index in [1.165, 1.54) is 16.4 Å². The van der Waals surface area contributed by atoms with Gasteiger partial charge in [-0.05, 0) is 66.4 Å². The topological polar surface area (TPSA) is 124 Å². The van der Waals surface area contributed by atoms with Gasteiger partial charge >= 0.3 is 6.03 Å². The highest BCUT2D eigenvalue weighted by Crippen LogP contribution is 2.37. The number of nitrogens with zero attached hydrogens (tertiary/aromatic N) is 3. The largest absolute Gasteiger partial charge is 0.497 e. The molecule has 1 fully saturated rings. The molecule has 1 aromatic heterocycles. The number of carbonyl (C=O) groups is 1. The molecule has 3 aromatic rings. The van der Waals surface area contributed by atoms with Crippen molar-refractivity contribution < 1.29 is 17.9 Å². The molecule has 0 radical (unpaired) electrons. The molecule has 0 unspecified atom stereocenters. The maximum absolute atomic E-state index is 13.2. The summed E-state index contributed by atoms with van der Waals surface area (Å²) in [6.07, 6.45) is 4.11. The number of ether oxygens (including phenoxy) is 1. The van der Waals surface area contributed by atoms with Gasteiger partial charge in [-0.3, -0.25) is 4.98 Å². The first-order valence-corrected chi connectivity index (χ1v) is 12.9. The molecule has 2 N–H and O–H groups in total. The molecule has 0 atom stereocenters. The fourth-order valence-electron chi connectivity index (χ4n) is 4.20. The predicted octanol–water partition coefficient (Wildman–Crippen LogP) is 3.66. The van der Waals surface area contributed by atoms with Crippen LogP contribution in [0, 0.1) is 11.3 Å². The number of methoxy groups -OCH3 is 1. The Morgan fingerprint density at radius 2 is 1.81 bits per heavy atom. The molecule has 10 heteroatoms. The molecule has 0 bridgehead atoms. The van der Waals surface area contributed by atoms with Gasteiger partial charge in [0.2, 0.25) is 10.0 Å². The first kappa shape index (κ1) is 25.2. The average molecular weight is 506 g/mol. The van der Waals surface area contributed by atoms with Crippen molar-refractivity contribution in [1.82, 2.24) is 14.6 Å². The molecule has 2 heterocycles. The molecule has 9 nitrogen and oxygen atoms in total. The van der Waals surface area contributed by atoms with E-state index in [9.17, 15) is 18.5 Å². The summed E-state index contributed by atoms with van der Waals surface area (Å²) in [5.74, 6) is 0.704. The fourth-order valence-corrected chi connectivity index (χ4v) is 5.64. The number of urea groups is 1. The van der Waals surface area contributed by atoms with Gasteiger partial charge < -0.3 is 15.4 Å². The van der Waals surface area contributed by atoms with Crippen LogP contribution in [0.15, 0.2) is 78.0 Å². The zero-order chi connectivity index (χ0) is 25.6. The summed E-state index contributed by atoms with van der Waals surface area (Å²) < 4.78 is 33.0. The Hall–Kier alpha value is -3.94. The van der Waals surface area contributed by atoms with Crippen LogP contribution in [0.2, 0.25) is 0 Å². The Kier molecular flexibility index (Phi) is 7.52. The second-order valence-corrected chi connectivity index (χ2v) is 10.5. The zero-order valence-corrected chi connectivity index (χ0v) is 20.7. The van der Waals surface area contributed by atoms with E-state index in [1.807, 2.05) is 30.3 Å². The van der Waals surface area contributed by atoms with Gasteiger partial charge in [0.15, 0.2) is 0 Å². The van der Waals surface area contributed by atoms with Crippen LogP contribution in [0.5, 0.6) is 5.75 Å². The van der Waals surface area contributed by atoms with Crippen molar-refractivity contribution in [2.45, 2.75) is 29.7 Å². The molecule has 186 valence electrons. The van der Waals surface area contributed by atoms with Gasteiger partial charge in [-0.15, -0.1) is 0 Å². The monoisotopic (exact) mass is 505 g/mol. The van der Waals surface area contributed by atoms with Crippen molar-refractivity contribution in [1.29, 1.82) is 5.26 Å². The van der Waals surface area contributed by atoms with Crippen molar-refractivity contribution in [3.05, 3.63) is 84.2 Å². The highest BCUT2D eigenvalue weighted by atomic mass is 32.2. The maximum Gasteiger partial charge on any atom is 0.319 e. The lowest BCUT2D eigenvalue weighted by Crippen LogP contribution is -2.44. The SMILES string of the molecule is COc1ccc(C2(C#N)CCN(S(=O)(=O)c3ccc(NC(=O)NCc4cccnc4)cc3)CC2)cc1. The van der Waals surface area contributed by atoms with Crippen molar-refractivity contribution in [3.8, 4) is 11.8 Å². The minimum atomic E-state index is -3.74. The second kappa shape index (κ2) is 10.8. The number of amides is 2. The van der Waals surface area contributed by atoms with Gasteiger partial charge in [-0.2, -0.15) is 9.57 Å². The van der Waals surface area contributed by atoms with Crippen LogP contribution in [0.25, 0.3) is 0 Å². The molecule has 2 amide bonds. The lowest BCUT2D eigenvalue weighted by molar-refractivity contribution is 0.251. The average Bonchev–Trinajstić information content (AvgIpc) is 2.93. The molecule has 1 aliphatic rings. The third-order valence-electron chi connectivity index (χ3n) is 6.36. The van der Waals surface area contributed by atoms with Crippen LogP contribution in [-0.2, 0) is 22.0 Å². The number of hydrogen-bond donors (Lipinski definition) is 2. The van der Waals surface area contributed by atoms with E-state index in [-0.39, 0.29) is 18.0 Å². The third-order valence-corrected chi connectivity index (χ3v) is 8.27. The van der Waals surface area contributed by atoms with Crippen molar-refractivity contribution in [2.24, 2.45) is 0 Å². The normalized spacial score (nSPS) is 15.4. The lowest BCUT2D eigenvalue weighted by Gasteiger charge is -2.37. The van der Waals surface area contributed by atoms with Crippen molar-refractivity contribution in [2.75, 3.05) is 25.5 Å². The molecule has 2 aromatic carbocycles. The van der Waals surface area contributed by atoms with E-state index >= 15 is 0 Å². The van der Waals surface area contributed by atoms with Gasteiger partial charge in [-0.25, -0.2) is 13.2 Å². The van der Waals surface area contributed by atoms with Gasteiger partial charge in [0.1, 0.15) is 5.75 Å². The van der Waals surface area contributed by atoms with Crippen LogP contribution >= 0.6 is 0 Å². The van der Waals surface area contributed by atoms with Crippen LogP contribution in [0.1, 0.15) is 24.0 Å². The number of benzene rings is 2. The Bertz CT molecular complexity index is 1330. The van der Waals surface area contributed by atoms with Gasteiger partial charge in [0, 0.05) is 37.7 Å². The fraction of sp³-hybridized carbons (Fsp3) is 0.269. The molecule has 0 aliphatic carbocycles. The van der Waals surface area contributed by atoms with Crippen LogP contribution in [0.4, 0.5) is 10.5 Å². The van der Waals surface area contributed by atoms with E-state index < -0.39 is 21.5 Å². The summed E-state index contributed by atoms with van der Waals surface area (Å²) >= 11 is 0. The minimum Gasteiger partial charge on any atom is -0.497 e. The first-order chi connectivity index (χ1) is 17.4. The molecule has 0 spiro atoms. The highest BCUT2D eigenvalue weighted by Gasteiger charge is 2.40. The predicted molar refractivity (Wildman–Crippen MR) is 135 cm³/mol. The molecular formula is C26H27N5O4S. The molecular weight excluding hydrogens is 478 g/mol. The summed E-state index contributed by atoms with van der Waals surface area (Å²) in [6.45, 7) is 0.791. The number of pyridine rings is 1. The molecule has 4 rings (SSSR count). The van der Waals surface area contributed by atoms with E-state index in [2.05, 4.69) is 21.7 Å². The van der Waals surface area contributed by atoms with Crippen LogP contribution < -0.4 is 15.4 Å². The summed E-state index contributed by atoms with van der Waals surface area (Å²) in [7, 11) is -2.15. The number of sulfonamides is 1. The Morgan fingerprint density at radius 1 is 1.11 bits per heavy atom. The van der Waals surface area contributed by atoms with E-state index in [4.69, 9.17) is 4.74 Å². The third kappa shape index (κ3) is 5.48. The standard InChI is InChI=1S/C26H27N5O4S/c1-35-23-8-4-21(5-9-23)26(19-27)12-15-31(16-13-26)36(33,34)24-10-6-22(7-11-24)30-25(32)29-18-20-3-2-14-28-17-20/h2-11,14,17H,12-13,15-16,18H2,1H3,(H2,29,30,32).